The lowest BCUT2D eigenvalue weighted by Gasteiger charge is -2.27. The van der Waals surface area contributed by atoms with Gasteiger partial charge in [-0.2, -0.15) is 0 Å². The lowest BCUT2D eigenvalue weighted by molar-refractivity contribution is -0.126. The predicted octanol–water partition coefficient (Wildman–Crippen LogP) is -0.415. The van der Waals surface area contributed by atoms with Crippen LogP contribution >= 0.6 is 0 Å². The van der Waals surface area contributed by atoms with Crippen LogP contribution in [0.3, 0.4) is 0 Å². The van der Waals surface area contributed by atoms with Crippen LogP contribution < -0.4 is 0 Å². The third-order valence-corrected chi connectivity index (χ3v) is 3.21. The second-order valence-electron chi connectivity index (χ2n) is 5.63. The summed E-state index contributed by atoms with van der Waals surface area (Å²) in [4.78, 5) is 0. The van der Waals surface area contributed by atoms with Crippen molar-refractivity contribution in [1.82, 2.24) is 0 Å². The molecular weight excluding hydrogens is 280 g/mol. The molecule has 2 N–H and O–H groups in total. The van der Waals surface area contributed by atoms with Gasteiger partial charge in [0.1, 0.15) is 11.2 Å². The van der Waals surface area contributed by atoms with Crippen molar-refractivity contribution < 1.29 is 33.9 Å². The first kappa shape index (κ1) is 18.8. The first-order valence-corrected chi connectivity index (χ1v) is 7.26. The summed E-state index contributed by atoms with van der Waals surface area (Å²) < 4.78 is 27.5. The molecule has 7 heteroatoms. The minimum atomic E-state index is -0.736. The zero-order valence-corrected chi connectivity index (χ0v) is 13.0. The Morgan fingerprint density at radius 2 is 1.05 bits per heavy atom. The normalized spacial score (nSPS) is 34.9. The van der Waals surface area contributed by atoms with Gasteiger partial charge in [0.15, 0.2) is 0 Å². The van der Waals surface area contributed by atoms with Gasteiger partial charge >= 0.3 is 0 Å². The maximum atomic E-state index is 9.38. The van der Waals surface area contributed by atoms with Gasteiger partial charge in [0.05, 0.1) is 66.1 Å². The van der Waals surface area contributed by atoms with E-state index in [9.17, 15) is 10.2 Å². The molecule has 7 nitrogen and oxygen atoms in total. The zero-order valence-electron chi connectivity index (χ0n) is 13.0. The van der Waals surface area contributed by atoms with E-state index in [4.69, 9.17) is 23.7 Å². The van der Waals surface area contributed by atoms with Gasteiger partial charge in [0, 0.05) is 0 Å². The maximum absolute atomic E-state index is 9.38. The van der Waals surface area contributed by atoms with Crippen molar-refractivity contribution in [2.45, 2.75) is 25.0 Å². The molecule has 21 heavy (non-hydrogen) atoms. The van der Waals surface area contributed by atoms with Crippen molar-refractivity contribution in [3.8, 4) is 0 Å². The Kier molecular flexibility index (Phi) is 8.65. The summed E-state index contributed by atoms with van der Waals surface area (Å²) in [6.45, 7) is 6.21. The molecule has 0 unspecified atom stereocenters. The van der Waals surface area contributed by atoms with Crippen LogP contribution in [0.1, 0.15) is 13.8 Å². The van der Waals surface area contributed by atoms with Gasteiger partial charge in [0.2, 0.25) is 0 Å². The topological polar surface area (TPSA) is 86.6 Å². The van der Waals surface area contributed by atoms with E-state index in [1.807, 2.05) is 0 Å². The lowest BCUT2D eigenvalue weighted by Crippen LogP contribution is -2.40. The van der Waals surface area contributed by atoms with Crippen LogP contribution in [0.5, 0.6) is 0 Å². The molecule has 2 atom stereocenters. The van der Waals surface area contributed by atoms with E-state index in [2.05, 4.69) is 0 Å². The molecule has 0 spiro atoms. The van der Waals surface area contributed by atoms with Gasteiger partial charge < -0.3 is 33.9 Å². The second-order valence-corrected chi connectivity index (χ2v) is 5.63. The van der Waals surface area contributed by atoms with Crippen LogP contribution in [-0.4, -0.2) is 87.5 Å². The Hall–Kier alpha value is -0.280. The highest BCUT2D eigenvalue weighted by molar-refractivity contribution is 4.75. The smallest absolute Gasteiger partial charge is 0.112 e. The van der Waals surface area contributed by atoms with Crippen LogP contribution in [0.25, 0.3) is 0 Å². The van der Waals surface area contributed by atoms with Gasteiger partial charge in [-0.1, -0.05) is 0 Å². The fourth-order valence-electron chi connectivity index (χ4n) is 1.76. The van der Waals surface area contributed by atoms with E-state index >= 15 is 0 Å². The van der Waals surface area contributed by atoms with Gasteiger partial charge in [-0.05, 0) is 13.8 Å². The molecule has 0 aromatic rings. The fraction of sp³-hybridized carbons (Fsp3) is 1.00. The van der Waals surface area contributed by atoms with Gasteiger partial charge in [-0.25, -0.2) is 0 Å². The minimum Gasteiger partial charge on any atom is -0.393 e. The number of ether oxygens (including phenoxy) is 5. The van der Waals surface area contributed by atoms with Crippen molar-refractivity contribution in [1.29, 1.82) is 0 Å². The van der Waals surface area contributed by atoms with Crippen LogP contribution in [0.15, 0.2) is 0 Å². The molecule has 0 amide bonds. The molecule has 1 aliphatic heterocycles. The molecule has 0 aromatic carbocycles. The van der Waals surface area contributed by atoms with E-state index in [0.29, 0.717) is 39.6 Å². The lowest BCUT2D eigenvalue weighted by atomic mass is 10.1. The predicted molar refractivity (Wildman–Crippen MR) is 75.3 cm³/mol. The molecule has 1 saturated heterocycles. The summed E-state index contributed by atoms with van der Waals surface area (Å²) in [5.74, 6) is 0. The number of aliphatic hydroxyl groups is 2. The van der Waals surface area contributed by atoms with Gasteiger partial charge in [0.25, 0.3) is 0 Å². The Balaban J connectivity index is 2.46. The highest BCUT2D eigenvalue weighted by Crippen LogP contribution is 2.12. The molecule has 0 radical (unpaired) electrons. The van der Waals surface area contributed by atoms with Crippen LogP contribution in [0, 0.1) is 0 Å². The monoisotopic (exact) mass is 308 g/mol. The largest absolute Gasteiger partial charge is 0.393 e. The molecule has 1 fully saturated rings. The van der Waals surface area contributed by atoms with Crippen molar-refractivity contribution in [2.75, 3.05) is 66.1 Å². The van der Waals surface area contributed by atoms with E-state index in [0.717, 1.165) is 0 Å². The molecular formula is C14H28O7. The molecule has 1 heterocycles. The Labute approximate surface area is 126 Å². The highest BCUT2D eigenvalue weighted by atomic mass is 16.6. The number of hydrogen-bond acceptors (Lipinski definition) is 7. The van der Waals surface area contributed by atoms with E-state index in [1.54, 1.807) is 13.8 Å². The first-order chi connectivity index (χ1) is 10.0. The fourth-order valence-corrected chi connectivity index (χ4v) is 1.76. The van der Waals surface area contributed by atoms with Crippen LogP contribution in [0.2, 0.25) is 0 Å². The summed E-state index contributed by atoms with van der Waals surface area (Å²) in [6, 6.07) is 0. The molecule has 0 saturated carbocycles. The molecule has 0 aliphatic carbocycles. The summed E-state index contributed by atoms with van der Waals surface area (Å²) in [5.41, 5.74) is -1.47. The average Bonchev–Trinajstić information content (AvgIpc) is 2.49. The standard InChI is InChI=1S/C14H28O7/c1-13(9-15)11-18-3-4-19-12-14(2,10-16)21-8-6-17-5-7-20-13/h15-16H,3-12H2,1-2H3/t13-,14+. The summed E-state index contributed by atoms with van der Waals surface area (Å²) in [7, 11) is 0. The van der Waals surface area contributed by atoms with Crippen molar-refractivity contribution >= 4 is 0 Å². The number of hydrogen-bond donors (Lipinski definition) is 2. The van der Waals surface area contributed by atoms with Crippen LogP contribution in [0.4, 0.5) is 0 Å². The minimum absolute atomic E-state index is 0.125. The Morgan fingerprint density at radius 1 is 0.667 bits per heavy atom. The molecule has 1 rings (SSSR count). The maximum Gasteiger partial charge on any atom is 0.112 e. The van der Waals surface area contributed by atoms with Crippen LogP contribution in [-0.2, 0) is 23.7 Å². The van der Waals surface area contributed by atoms with Crippen molar-refractivity contribution in [3.63, 3.8) is 0 Å². The average molecular weight is 308 g/mol. The van der Waals surface area contributed by atoms with Crippen molar-refractivity contribution in [3.05, 3.63) is 0 Å². The number of rotatable bonds is 2. The number of aliphatic hydroxyl groups excluding tert-OH is 2. The third-order valence-electron chi connectivity index (χ3n) is 3.21. The Bertz CT molecular complexity index is 250. The molecule has 0 aromatic heterocycles. The van der Waals surface area contributed by atoms with E-state index < -0.39 is 11.2 Å². The quantitative estimate of drug-likeness (QED) is 0.717. The Morgan fingerprint density at radius 3 is 1.43 bits per heavy atom. The molecule has 0 bridgehead atoms. The first-order valence-electron chi connectivity index (χ1n) is 7.26. The summed E-state index contributed by atoms with van der Waals surface area (Å²) in [5, 5.41) is 18.8. The van der Waals surface area contributed by atoms with E-state index in [-0.39, 0.29) is 26.4 Å². The van der Waals surface area contributed by atoms with E-state index in [1.165, 1.54) is 0 Å². The summed E-state index contributed by atoms with van der Waals surface area (Å²) >= 11 is 0. The van der Waals surface area contributed by atoms with Gasteiger partial charge in [-0.3, -0.25) is 0 Å². The highest BCUT2D eigenvalue weighted by Gasteiger charge is 2.26. The van der Waals surface area contributed by atoms with Crippen molar-refractivity contribution in [2.24, 2.45) is 0 Å². The second kappa shape index (κ2) is 9.68. The zero-order chi connectivity index (χ0) is 15.6. The molecule has 1 aliphatic rings. The SMILES string of the molecule is C[C@]1(CO)COCCOC[C@@](C)(CO)OCCOCCO1. The molecule has 126 valence electrons. The summed E-state index contributed by atoms with van der Waals surface area (Å²) in [6.07, 6.45) is 0. The third kappa shape index (κ3) is 7.51. The van der Waals surface area contributed by atoms with Gasteiger partial charge in [-0.15, -0.1) is 0 Å².